The molecule has 5 nitrogen and oxygen atoms in total. The predicted octanol–water partition coefficient (Wildman–Crippen LogP) is 1.96. The van der Waals surface area contributed by atoms with E-state index in [1.165, 1.54) is 25.3 Å². The van der Waals surface area contributed by atoms with E-state index < -0.39 is 5.82 Å². The Balaban J connectivity index is 2.07. The number of nitrogens with zero attached hydrogens (tertiary/aromatic N) is 1. The van der Waals surface area contributed by atoms with Gasteiger partial charge in [0.1, 0.15) is 0 Å². The van der Waals surface area contributed by atoms with Crippen LogP contribution in [0.2, 0.25) is 0 Å². The van der Waals surface area contributed by atoms with Crippen molar-refractivity contribution in [3.05, 3.63) is 35.7 Å². The molecule has 124 valence electrons. The highest BCUT2D eigenvalue weighted by atomic mass is 19.1. The van der Waals surface area contributed by atoms with Crippen LogP contribution in [0, 0.1) is 11.7 Å². The zero-order valence-corrected chi connectivity index (χ0v) is 13.3. The first-order chi connectivity index (χ1) is 10.9. The van der Waals surface area contributed by atoms with Crippen molar-refractivity contribution in [2.75, 3.05) is 13.7 Å². The molecule has 2 rings (SSSR count). The fourth-order valence-electron chi connectivity index (χ4n) is 2.70. The first-order valence-corrected chi connectivity index (χ1v) is 7.54. The van der Waals surface area contributed by atoms with Crippen LogP contribution in [0.4, 0.5) is 4.39 Å². The molecule has 0 saturated carbocycles. The molecule has 0 bridgehead atoms. The number of likely N-dealkylation sites (tertiary alicyclic amines) is 1. The molecule has 1 aromatic rings. The number of nitrogens with two attached hydrogens (primary N) is 1. The van der Waals surface area contributed by atoms with Crippen molar-refractivity contribution in [2.45, 2.75) is 25.8 Å². The zero-order valence-electron chi connectivity index (χ0n) is 13.3. The molecular formula is C17H21FN2O3. The summed E-state index contributed by atoms with van der Waals surface area (Å²) < 4.78 is 18.5. The maximum atomic E-state index is 13.6. The lowest BCUT2D eigenvalue weighted by Crippen LogP contribution is -2.48. The molecule has 23 heavy (non-hydrogen) atoms. The van der Waals surface area contributed by atoms with E-state index in [4.69, 9.17) is 10.5 Å². The molecule has 1 aliphatic heterocycles. The highest BCUT2D eigenvalue weighted by molar-refractivity contribution is 5.92. The molecule has 1 aromatic carbocycles. The van der Waals surface area contributed by atoms with E-state index >= 15 is 0 Å². The number of primary amides is 1. The number of halogens is 1. The normalized spacial score (nSPS) is 21.4. The largest absolute Gasteiger partial charge is 0.494 e. The summed E-state index contributed by atoms with van der Waals surface area (Å²) in [5, 5.41) is 0. The number of rotatable bonds is 4. The molecule has 0 unspecified atom stereocenters. The minimum absolute atomic E-state index is 0.0513. The van der Waals surface area contributed by atoms with Gasteiger partial charge in [0.15, 0.2) is 11.6 Å². The van der Waals surface area contributed by atoms with Crippen LogP contribution in [0.1, 0.15) is 25.3 Å². The standard InChI is InChI=1S/C17H21FN2O3/c1-11-3-6-13(17(19)22)10-20(11)16(21)8-5-12-4-7-15(23-2)14(18)9-12/h4-5,7-9,11,13H,3,6,10H2,1-2H3,(H2,19,22)/b8-5-/t11-,13+/m0/s1. The van der Waals surface area contributed by atoms with Crippen LogP contribution in [-0.4, -0.2) is 36.4 Å². The topological polar surface area (TPSA) is 72.6 Å². The van der Waals surface area contributed by atoms with E-state index in [1.807, 2.05) is 6.92 Å². The lowest BCUT2D eigenvalue weighted by Gasteiger charge is -2.36. The van der Waals surface area contributed by atoms with Gasteiger partial charge < -0.3 is 15.4 Å². The minimum atomic E-state index is -0.484. The number of piperidine rings is 1. The average molecular weight is 320 g/mol. The van der Waals surface area contributed by atoms with Gasteiger partial charge in [-0.3, -0.25) is 9.59 Å². The van der Waals surface area contributed by atoms with Gasteiger partial charge in [0.05, 0.1) is 13.0 Å². The number of amides is 2. The Labute approximate surface area is 134 Å². The van der Waals surface area contributed by atoms with Gasteiger partial charge in [-0.1, -0.05) is 6.07 Å². The molecule has 0 spiro atoms. The van der Waals surface area contributed by atoms with E-state index in [2.05, 4.69) is 0 Å². The summed E-state index contributed by atoms with van der Waals surface area (Å²) in [4.78, 5) is 25.3. The number of benzene rings is 1. The van der Waals surface area contributed by atoms with Gasteiger partial charge in [-0.25, -0.2) is 4.39 Å². The maximum absolute atomic E-state index is 13.6. The molecule has 0 aromatic heterocycles. The van der Waals surface area contributed by atoms with Gasteiger partial charge in [-0.15, -0.1) is 0 Å². The van der Waals surface area contributed by atoms with Crippen molar-refractivity contribution >= 4 is 17.9 Å². The third-order valence-corrected chi connectivity index (χ3v) is 4.16. The molecule has 1 aliphatic rings. The Morgan fingerprint density at radius 1 is 1.39 bits per heavy atom. The lowest BCUT2D eigenvalue weighted by molar-refractivity contribution is -0.133. The summed E-state index contributed by atoms with van der Waals surface area (Å²) in [5.41, 5.74) is 5.90. The fraction of sp³-hybridized carbons (Fsp3) is 0.412. The van der Waals surface area contributed by atoms with Gasteiger partial charge in [-0.2, -0.15) is 0 Å². The van der Waals surface area contributed by atoms with Gasteiger partial charge in [0.25, 0.3) is 0 Å². The molecule has 1 fully saturated rings. The molecule has 2 atom stereocenters. The van der Waals surface area contributed by atoms with Crippen molar-refractivity contribution in [2.24, 2.45) is 11.7 Å². The number of carbonyl (C=O) groups is 2. The van der Waals surface area contributed by atoms with Crippen LogP contribution in [0.3, 0.4) is 0 Å². The summed E-state index contributed by atoms with van der Waals surface area (Å²) in [6.45, 7) is 2.27. The third-order valence-electron chi connectivity index (χ3n) is 4.16. The van der Waals surface area contributed by atoms with E-state index in [0.29, 0.717) is 18.5 Å². The van der Waals surface area contributed by atoms with E-state index in [9.17, 15) is 14.0 Å². The van der Waals surface area contributed by atoms with Gasteiger partial charge >= 0.3 is 0 Å². The van der Waals surface area contributed by atoms with E-state index in [-0.39, 0.29) is 29.5 Å². The number of hydrogen-bond donors (Lipinski definition) is 1. The molecule has 2 N–H and O–H groups in total. The number of ether oxygens (including phenoxy) is 1. The molecule has 0 radical (unpaired) electrons. The number of hydrogen-bond acceptors (Lipinski definition) is 3. The summed E-state index contributed by atoms with van der Waals surface area (Å²) in [5.74, 6) is -1.22. The van der Waals surface area contributed by atoms with Crippen molar-refractivity contribution in [3.8, 4) is 5.75 Å². The van der Waals surface area contributed by atoms with Crippen LogP contribution >= 0.6 is 0 Å². The fourth-order valence-corrected chi connectivity index (χ4v) is 2.70. The minimum Gasteiger partial charge on any atom is -0.494 e. The van der Waals surface area contributed by atoms with Crippen molar-refractivity contribution < 1.29 is 18.7 Å². The lowest BCUT2D eigenvalue weighted by atomic mass is 9.93. The first kappa shape index (κ1) is 17.0. The van der Waals surface area contributed by atoms with Gasteiger partial charge in [0, 0.05) is 18.7 Å². The molecule has 2 amide bonds. The van der Waals surface area contributed by atoms with Gasteiger partial charge in [0.2, 0.25) is 11.8 Å². The Morgan fingerprint density at radius 2 is 2.13 bits per heavy atom. The maximum Gasteiger partial charge on any atom is 0.246 e. The molecular weight excluding hydrogens is 299 g/mol. The van der Waals surface area contributed by atoms with Gasteiger partial charge in [-0.05, 0) is 43.5 Å². The second-order valence-electron chi connectivity index (χ2n) is 5.74. The number of methoxy groups -OCH3 is 1. The Kier molecular flexibility index (Phi) is 5.36. The molecule has 0 aliphatic carbocycles. The summed E-state index contributed by atoms with van der Waals surface area (Å²) >= 11 is 0. The SMILES string of the molecule is COc1ccc(/C=C\C(=O)N2C[C@H](C(N)=O)CC[C@@H]2C)cc1F. The Morgan fingerprint density at radius 3 is 2.74 bits per heavy atom. The monoisotopic (exact) mass is 320 g/mol. The second kappa shape index (κ2) is 7.26. The second-order valence-corrected chi connectivity index (χ2v) is 5.74. The Hall–Kier alpha value is -2.37. The smallest absolute Gasteiger partial charge is 0.246 e. The summed E-state index contributed by atoms with van der Waals surface area (Å²) in [6.07, 6.45) is 4.38. The Bertz CT molecular complexity index is 630. The quantitative estimate of drug-likeness (QED) is 0.862. The van der Waals surface area contributed by atoms with Crippen molar-refractivity contribution in [1.82, 2.24) is 4.90 Å². The van der Waals surface area contributed by atoms with Crippen molar-refractivity contribution in [1.29, 1.82) is 0 Å². The summed E-state index contributed by atoms with van der Waals surface area (Å²) in [6, 6.07) is 4.52. The van der Waals surface area contributed by atoms with E-state index in [1.54, 1.807) is 17.0 Å². The zero-order chi connectivity index (χ0) is 17.0. The van der Waals surface area contributed by atoms with Crippen LogP contribution in [0.15, 0.2) is 24.3 Å². The highest BCUT2D eigenvalue weighted by Gasteiger charge is 2.30. The number of carbonyl (C=O) groups excluding carboxylic acids is 2. The first-order valence-electron chi connectivity index (χ1n) is 7.54. The molecule has 6 heteroatoms. The predicted molar refractivity (Wildman–Crippen MR) is 85.1 cm³/mol. The summed E-state index contributed by atoms with van der Waals surface area (Å²) in [7, 11) is 1.39. The van der Waals surface area contributed by atoms with Crippen LogP contribution in [-0.2, 0) is 9.59 Å². The van der Waals surface area contributed by atoms with Crippen LogP contribution < -0.4 is 10.5 Å². The van der Waals surface area contributed by atoms with Crippen LogP contribution in [0.25, 0.3) is 6.08 Å². The highest BCUT2D eigenvalue weighted by Crippen LogP contribution is 2.22. The third kappa shape index (κ3) is 4.09. The van der Waals surface area contributed by atoms with Crippen LogP contribution in [0.5, 0.6) is 5.75 Å². The van der Waals surface area contributed by atoms with E-state index in [0.717, 1.165) is 6.42 Å². The molecule has 1 heterocycles. The average Bonchev–Trinajstić information content (AvgIpc) is 2.53. The van der Waals surface area contributed by atoms with Crippen molar-refractivity contribution in [3.63, 3.8) is 0 Å². The molecule has 1 saturated heterocycles.